The Morgan fingerprint density at radius 2 is 1.84 bits per heavy atom. The Kier molecular flexibility index (Phi) is 4.45. The smallest absolute Gasteiger partial charge is 0.119 e. The van der Waals surface area contributed by atoms with Gasteiger partial charge in [0, 0.05) is 29.4 Å². The van der Waals surface area contributed by atoms with Crippen LogP contribution >= 0.6 is 15.9 Å². The molecule has 100 valence electrons. The van der Waals surface area contributed by atoms with Crippen molar-refractivity contribution in [2.24, 2.45) is 5.73 Å². The van der Waals surface area contributed by atoms with Gasteiger partial charge in [-0.25, -0.2) is 0 Å². The summed E-state index contributed by atoms with van der Waals surface area (Å²) < 4.78 is 6.21. The molecule has 0 aromatic heterocycles. The number of halogens is 1. The average Bonchev–Trinajstić information content (AvgIpc) is 2.46. The van der Waals surface area contributed by atoms with Gasteiger partial charge in [-0.15, -0.1) is 0 Å². The molecule has 4 heteroatoms. The first-order valence-corrected chi connectivity index (χ1v) is 6.81. The predicted molar refractivity (Wildman–Crippen MR) is 83.1 cm³/mol. The van der Waals surface area contributed by atoms with Crippen LogP contribution in [0.1, 0.15) is 5.56 Å². The summed E-state index contributed by atoms with van der Waals surface area (Å²) in [4.78, 5) is 2.12. The summed E-state index contributed by atoms with van der Waals surface area (Å²) >= 11 is 3.47. The second kappa shape index (κ2) is 6.08. The molecular formula is C15H17BrN2O. The summed E-state index contributed by atoms with van der Waals surface area (Å²) in [5.41, 5.74) is 9.12. The third-order valence-electron chi connectivity index (χ3n) is 3.08. The minimum absolute atomic E-state index is 0.509. The zero-order valence-electron chi connectivity index (χ0n) is 11.1. The van der Waals surface area contributed by atoms with E-state index in [0.29, 0.717) is 6.54 Å². The Morgan fingerprint density at radius 3 is 2.42 bits per heavy atom. The SMILES string of the molecule is COc1ccc(N(C)c2ccc(Br)cc2CN)cc1. The van der Waals surface area contributed by atoms with Gasteiger partial charge in [0.2, 0.25) is 0 Å². The maximum absolute atomic E-state index is 5.81. The third-order valence-corrected chi connectivity index (χ3v) is 3.58. The highest BCUT2D eigenvalue weighted by Gasteiger charge is 2.09. The van der Waals surface area contributed by atoms with Gasteiger partial charge in [0.15, 0.2) is 0 Å². The fraction of sp³-hybridized carbons (Fsp3) is 0.200. The maximum Gasteiger partial charge on any atom is 0.119 e. The number of anilines is 2. The molecule has 2 aromatic rings. The van der Waals surface area contributed by atoms with Crippen molar-refractivity contribution in [3.8, 4) is 5.75 Å². The summed E-state index contributed by atoms with van der Waals surface area (Å²) in [6.45, 7) is 0.509. The molecule has 0 aliphatic carbocycles. The van der Waals surface area contributed by atoms with Crippen LogP contribution in [0.25, 0.3) is 0 Å². The summed E-state index contributed by atoms with van der Waals surface area (Å²) in [5.74, 6) is 0.854. The van der Waals surface area contributed by atoms with Gasteiger partial charge < -0.3 is 15.4 Å². The Labute approximate surface area is 122 Å². The Balaban J connectivity index is 2.34. The van der Waals surface area contributed by atoms with E-state index in [9.17, 15) is 0 Å². The van der Waals surface area contributed by atoms with Crippen LogP contribution in [0.5, 0.6) is 5.75 Å². The van der Waals surface area contributed by atoms with Crippen LogP contribution < -0.4 is 15.4 Å². The van der Waals surface area contributed by atoms with Crippen molar-refractivity contribution in [3.05, 3.63) is 52.5 Å². The molecule has 0 saturated carbocycles. The summed E-state index contributed by atoms with van der Waals surface area (Å²) in [7, 11) is 3.70. The first-order chi connectivity index (χ1) is 9.15. The molecule has 0 spiro atoms. The molecule has 0 saturated heterocycles. The molecule has 0 aliphatic heterocycles. The molecule has 19 heavy (non-hydrogen) atoms. The lowest BCUT2D eigenvalue weighted by atomic mass is 10.1. The molecule has 2 rings (SSSR count). The van der Waals surface area contributed by atoms with E-state index in [1.807, 2.05) is 37.4 Å². The zero-order valence-corrected chi connectivity index (χ0v) is 12.6. The summed E-state index contributed by atoms with van der Waals surface area (Å²) in [5, 5.41) is 0. The van der Waals surface area contributed by atoms with Crippen molar-refractivity contribution in [2.75, 3.05) is 19.1 Å². The fourth-order valence-corrected chi connectivity index (χ4v) is 2.40. The number of methoxy groups -OCH3 is 1. The van der Waals surface area contributed by atoms with Gasteiger partial charge in [0.25, 0.3) is 0 Å². The van der Waals surface area contributed by atoms with E-state index in [0.717, 1.165) is 27.2 Å². The lowest BCUT2D eigenvalue weighted by Gasteiger charge is -2.22. The van der Waals surface area contributed by atoms with Crippen molar-refractivity contribution >= 4 is 27.3 Å². The Hall–Kier alpha value is -1.52. The van der Waals surface area contributed by atoms with E-state index >= 15 is 0 Å². The van der Waals surface area contributed by atoms with Crippen LogP contribution in [0.2, 0.25) is 0 Å². The fourth-order valence-electron chi connectivity index (χ4n) is 1.99. The maximum atomic E-state index is 5.81. The molecule has 0 heterocycles. The monoisotopic (exact) mass is 320 g/mol. The van der Waals surface area contributed by atoms with Crippen molar-refractivity contribution in [2.45, 2.75) is 6.54 Å². The van der Waals surface area contributed by atoms with Crippen LogP contribution in [-0.2, 0) is 6.54 Å². The standard InChI is InChI=1S/C15H17BrN2O/c1-18(13-4-6-14(19-2)7-5-13)15-8-3-12(16)9-11(15)10-17/h3-9H,10,17H2,1-2H3. The molecule has 2 aromatic carbocycles. The first kappa shape index (κ1) is 13.9. The number of rotatable bonds is 4. The van der Waals surface area contributed by atoms with Gasteiger partial charge in [0.05, 0.1) is 7.11 Å². The number of nitrogens with two attached hydrogens (primary N) is 1. The topological polar surface area (TPSA) is 38.5 Å². The number of hydrogen-bond acceptors (Lipinski definition) is 3. The van der Waals surface area contributed by atoms with Crippen molar-refractivity contribution in [1.82, 2.24) is 0 Å². The van der Waals surface area contributed by atoms with Crippen molar-refractivity contribution in [3.63, 3.8) is 0 Å². The van der Waals surface area contributed by atoms with Gasteiger partial charge in [-0.3, -0.25) is 0 Å². The van der Waals surface area contributed by atoms with Gasteiger partial charge in [-0.2, -0.15) is 0 Å². The second-order valence-electron chi connectivity index (χ2n) is 4.23. The Bertz CT molecular complexity index is 555. The minimum atomic E-state index is 0.509. The van der Waals surface area contributed by atoms with Crippen LogP contribution in [0, 0.1) is 0 Å². The molecule has 0 amide bonds. The molecule has 0 radical (unpaired) electrons. The quantitative estimate of drug-likeness (QED) is 0.933. The van der Waals surface area contributed by atoms with E-state index < -0.39 is 0 Å². The molecule has 0 unspecified atom stereocenters. The van der Waals surface area contributed by atoms with Crippen LogP contribution in [0.3, 0.4) is 0 Å². The number of benzene rings is 2. The molecule has 3 nitrogen and oxygen atoms in total. The van der Waals surface area contributed by atoms with Crippen molar-refractivity contribution in [1.29, 1.82) is 0 Å². The first-order valence-electron chi connectivity index (χ1n) is 6.02. The summed E-state index contributed by atoms with van der Waals surface area (Å²) in [6, 6.07) is 14.1. The highest BCUT2D eigenvalue weighted by atomic mass is 79.9. The minimum Gasteiger partial charge on any atom is -0.497 e. The van der Waals surface area contributed by atoms with E-state index in [1.54, 1.807) is 7.11 Å². The largest absolute Gasteiger partial charge is 0.497 e. The van der Waals surface area contributed by atoms with E-state index in [-0.39, 0.29) is 0 Å². The van der Waals surface area contributed by atoms with Crippen LogP contribution in [0.4, 0.5) is 11.4 Å². The van der Waals surface area contributed by atoms with E-state index in [2.05, 4.69) is 33.0 Å². The lowest BCUT2D eigenvalue weighted by molar-refractivity contribution is 0.415. The van der Waals surface area contributed by atoms with E-state index in [1.165, 1.54) is 0 Å². The van der Waals surface area contributed by atoms with E-state index in [4.69, 9.17) is 10.5 Å². The molecular weight excluding hydrogens is 304 g/mol. The van der Waals surface area contributed by atoms with Gasteiger partial charge in [-0.1, -0.05) is 15.9 Å². The molecule has 2 N–H and O–H groups in total. The third kappa shape index (κ3) is 3.08. The number of ether oxygens (including phenoxy) is 1. The van der Waals surface area contributed by atoms with Gasteiger partial charge >= 0.3 is 0 Å². The average molecular weight is 321 g/mol. The predicted octanol–water partition coefficient (Wildman–Crippen LogP) is 3.68. The highest BCUT2D eigenvalue weighted by molar-refractivity contribution is 9.10. The molecule has 0 fully saturated rings. The Morgan fingerprint density at radius 1 is 1.16 bits per heavy atom. The molecule has 0 aliphatic rings. The lowest BCUT2D eigenvalue weighted by Crippen LogP contribution is -2.13. The van der Waals surface area contributed by atoms with Crippen LogP contribution in [0.15, 0.2) is 46.9 Å². The number of hydrogen-bond donors (Lipinski definition) is 1. The summed E-state index contributed by atoms with van der Waals surface area (Å²) in [6.07, 6.45) is 0. The second-order valence-corrected chi connectivity index (χ2v) is 5.15. The molecule has 0 bridgehead atoms. The normalized spacial score (nSPS) is 10.3. The van der Waals surface area contributed by atoms with Gasteiger partial charge in [0.1, 0.15) is 5.75 Å². The highest BCUT2D eigenvalue weighted by Crippen LogP contribution is 2.30. The van der Waals surface area contributed by atoms with Crippen molar-refractivity contribution < 1.29 is 4.74 Å². The van der Waals surface area contributed by atoms with Gasteiger partial charge in [-0.05, 0) is 48.0 Å². The number of nitrogens with zero attached hydrogens (tertiary/aromatic N) is 1. The molecule has 0 atom stereocenters. The zero-order chi connectivity index (χ0) is 13.8. The van der Waals surface area contributed by atoms with Crippen LogP contribution in [-0.4, -0.2) is 14.2 Å².